The van der Waals surface area contributed by atoms with Crippen LogP contribution in [-0.2, 0) is 10.0 Å². The van der Waals surface area contributed by atoms with Gasteiger partial charge in [0.1, 0.15) is 0 Å². The summed E-state index contributed by atoms with van der Waals surface area (Å²) in [5, 5.41) is 0. The molecule has 3 nitrogen and oxygen atoms in total. The van der Waals surface area contributed by atoms with E-state index in [1.54, 1.807) is 12.1 Å². The molecule has 1 aliphatic rings. The van der Waals surface area contributed by atoms with Crippen molar-refractivity contribution in [1.82, 2.24) is 4.31 Å². The molecule has 0 spiro atoms. The molecule has 2 rings (SSSR count). The molecule has 0 aromatic heterocycles. The van der Waals surface area contributed by atoms with Crippen LogP contribution in [0, 0.1) is 6.92 Å². The van der Waals surface area contributed by atoms with Gasteiger partial charge in [0, 0.05) is 12.1 Å². The van der Waals surface area contributed by atoms with E-state index in [0.29, 0.717) is 4.90 Å². The van der Waals surface area contributed by atoms with E-state index in [-0.39, 0.29) is 12.1 Å². The number of rotatable bonds is 8. The highest BCUT2D eigenvalue weighted by Crippen LogP contribution is 2.35. The molecule has 23 heavy (non-hydrogen) atoms. The maximum absolute atomic E-state index is 13.2. The fourth-order valence-electron chi connectivity index (χ4n) is 3.58. The van der Waals surface area contributed by atoms with Crippen molar-refractivity contribution in [2.24, 2.45) is 0 Å². The Morgan fingerprint density at radius 1 is 0.957 bits per heavy atom. The Kier molecular flexibility index (Phi) is 6.66. The highest BCUT2D eigenvalue weighted by atomic mass is 32.2. The van der Waals surface area contributed by atoms with Crippen molar-refractivity contribution in [3.8, 4) is 0 Å². The third-order valence-electron chi connectivity index (χ3n) is 4.93. The highest BCUT2D eigenvalue weighted by molar-refractivity contribution is 7.89. The Morgan fingerprint density at radius 2 is 1.43 bits per heavy atom. The monoisotopic (exact) mass is 337 g/mol. The van der Waals surface area contributed by atoms with Crippen molar-refractivity contribution in [3.63, 3.8) is 0 Å². The minimum Gasteiger partial charge on any atom is -0.207 e. The molecule has 0 radical (unpaired) electrons. The van der Waals surface area contributed by atoms with Crippen LogP contribution in [0.5, 0.6) is 0 Å². The van der Waals surface area contributed by atoms with Gasteiger partial charge in [0.2, 0.25) is 10.0 Å². The summed E-state index contributed by atoms with van der Waals surface area (Å²) in [6.45, 7) is 6.32. The molecule has 4 heteroatoms. The van der Waals surface area contributed by atoms with Gasteiger partial charge in [-0.1, -0.05) is 57.2 Å². The van der Waals surface area contributed by atoms with Crippen molar-refractivity contribution in [2.75, 3.05) is 0 Å². The maximum atomic E-state index is 13.2. The molecule has 2 atom stereocenters. The first-order valence-electron chi connectivity index (χ1n) is 9.11. The predicted molar refractivity (Wildman–Crippen MR) is 96.1 cm³/mol. The first kappa shape index (κ1) is 18.5. The number of nitrogens with zero attached hydrogens (tertiary/aromatic N) is 1. The Labute approximate surface area is 142 Å². The molecule has 1 aromatic rings. The van der Waals surface area contributed by atoms with Crippen LogP contribution in [0.3, 0.4) is 0 Å². The minimum atomic E-state index is -3.38. The molecule has 1 heterocycles. The molecule has 130 valence electrons. The summed E-state index contributed by atoms with van der Waals surface area (Å²) in [5.41, 5.74) is 1.09. The van der Waals surface area contributed by atoms with Gasteiger partial charge in [0.05, 0.1) is 4.90 Å². The van der Waals surface area contributed by atoms with Gasteiger partial charge in [-0.3, -0.25) is 0 Å². The summed E-state index contributed by atoms with van der Waals surface area (Å²) in [6.07, 6.45) is 8.45. The summed E-state index contributed by atoms with van der Waals surface area (Å²) in [5.74, 6) is 0. The van der Waals surface area contributed by atoms with E-state index in [9.17, 15) is 8.42 Å². The van der Waals surface area contributed by atoms with Crippen LogP contribution in [0.4, 0.5) is 0 Å². The van der Waals surface area contributed by atoms with Crippen molar-refractivity contribution < 1.29 is 8.42 Å². The SMILES string of the molecule is CCCC[C@@H]1CC[C@H](CCCC)N1S(=O)(=O)c1ccc(C)cc1. The van der Waals surface area contributed by atoms with Crippen molar-refractivity contribution in [1.29, 1.82) is 0 Å². The smallest absolute Gasteiger partial charge is 0.207 e. The average molecular weight is 338 g/mol. The normalized spacial score (nSPS) is 22.6. The topological polar surface area (TPSA) is 37.4 Å². The fourth-order valence-corrected chi connectivity index (χ4v) is 5.51. The van der Waals surface area contributed by atoms with Crippen molar-refractivity contribution >= 4 is 10.0 Å². The molecule has 1 fully saturated rings. The van der Waals surface area contributed by atoms with Crippen LogP contribution < -0.4 is 0 Å². The highest BCUT2D eigenvalue weighted by Gasteiger charge is 2.41. The fraction of sp³-hybridized carbons (Fsp3) is 0.684. The lowest BCUT2D eigenvalue weighted by Crippen LogP contribution is -2.41. The summed E-state index contributed by atoms with van der Waals surface area (Å²) in [4.78, 5) is 0.452. The van der Waals surface area contributed by atoms with E-state index in [1.807, 2.05) is 23.4 Å². The Morgan fingerprint density at radius 3 is 1.87 bits per heavy atom. The Bertz CT molecular complexity index is 564. The number of benzene rings is 1. The largest absolute Gasteiger partial charge is 0.243 e. The van der Waals surface area contributed by atoms with Gasteiger partial charge in [-0.2, -0.15) is 4.31 Å². The predicted octanol–water partition coefficient (Wildman–Crippen LogP) is 4.90. The van der Waals surface area contributed by atoms with Gasteiger partial charge in [0.25, 0.3) is 0 Å². The number of sulfonamides is 1. The standard InChI is InChI=1S/C19H31NO2S/c1-4-6-8-17-12-13-18(9-7-5-2)20(17)23(21,22)19-14-10-16(3)11-15-19/h10-11,14-15,17-18H,4-9,12-13H2,1-3H3/t17-,18+. The van der Waals surface area contributed by atoms with E-state index in [1.165, 1.54) is 0 Å². The first-order valence-corrected chi connectivity index (χ1v) is 10.5. The minimum absolute atomic E-state index is 0.183. The van der Waals surface area contributed by atoms with E-state index >= 15 is 0 Å². The molecule has 1 aliphatic heterocycles. The maximum Gasteiger partial charge on any atom is 0.243 e. The average Bonchev–Trinajstić information content (AvgIpc) is 2.95. The molecular weight excluding hydrogens is 306 g/mol. The number of aryl methyl sites for hydroxylation is 1. The van der Waals surface area contributed by atoms with Gasteiger partial charge in [0.15, 0.2) is 0 Å². The Balaban J connectivity index is 2.28. The van der Waals surface area contributed by atoms with Gasteiger partial charge in [-0.05, 0) is 44.7 Å². The van der Waals surface area contributed by atoms with Gasteiger partial charge >= 0.3 is 0 Å². The zero-order valence-corrected chi connectivity index (χ0v) is 15.6. The lowest BCUT2D eigenvalue weighted by Gasteiger charge is -2.29. The second-order valence-electron chi connectivity index (χ2n) is 6.82. The molecule has 1 aromatic carbocycles. The second-order valence-corrected chi connectivity index (χ2v) is 8.66. The molecular formula is C19H31NO2S. The van der Waals surface area contributed by atoms with Crippen LogP contribution in [0.1, 0.15) is 70.8 Å². The lowest BCUT2D eigenvalue weighted by atomic mass is 10.1. The van der Waals surface area contributed by atoms with Crippen LogP contribution >= 0.6 is 0 Å². The van der Waals surface area contributed by atoms with Crippen molar-refractivity contribution in [3.05, 3.63) is 29.8 Å². The number of hydrogen-bond donors (Lipinski definition) is 0. The zero-order chi connectivity index (χ0) is 16.9. The molecule has 0 bridgehead atoms. The molecule has 0 saturated carbocycles. The lowest BCUT2D eigenvalue weighted by molar-refractivity contribution is 0.291. The van der Waals surface area contributed by atoms with Crippen LogP contribution in [0.2, 0.25) is 0 Å². The number of hydrogen-bond acceptors (Lipinski definition) is 2. The van der Waals surface area contributed by atoms with Crippen LogP contribution in [0.15, 0.2) is 29.2 Å². The second kappa shape index (κ2) is 8.29. The van der Waals surface area contributed by atoms with Crippen molar-refractivity contribution in [2.45, 2.75) is 89.1 Å². The van der Waals surface area contributed by atoms with E-state index < -0.39 is 10.0 Å². The van der Waals surface area contributed by atoms with Crippen LogP contribution in [0.25, 0.3) is 0 Å². The molecule has 0 N–H and O–H groups in total. The molecule has 0 amide bonds. The molecule has 0 unspecified atom stereocenters. The zero-order valence-electron chi connectivity index (χ0n) is 14.8. The summed E-state index contributed by atoms with van der Waals surface area (Å²) in [7, 11) is -3.38. The first-order chi connectivity index (χ1) is 11.0. The van der Waals surface area contributed by atoms with E-state index in [0.717, 1.165) is 56.9 Å². The van der Waals surface area contributed by atoms with Gasteiger partial charge in [-0.25, -0.2) is 8.42 Å². The Hall–Kier alpha value is -0.870. The molecule has 1 saturated heterocycles. The quantitative estimate of drug-likeness (QED) is 0.677. The van der Waals surface area contributed by atoms with Crippen LogP contribution in [-0.4, -0.2) is 24.8 Å². The summed E-state index contributed by atoms with van der Waals surface area (Å²) in [6, 6.07) is 7.68. The molecule has 0 aliphatic carbocycles. The van der Waals surface area contributed by atoms with Gasteiger partial charge < -0.3 is 0 Å². The van der Waals surface area contributed by atoms with Gasteiger partial charge in [-0.15, -0.1) is 0 Å². The van der Waals surface area contributed by atoms with E-state index in [4.69, 9.17) is 0 Å². The third kappa shape index (κ3) is 4.36. The summed E-state index contributed by atoms with van der Waals surface area (Å²) >= 11 is 0. The summed E-state index contributed by atoms with van der Waals surface area (Å²) < 4.78 is 28.3. The van der Waals surface area contributed by atoms with E-state index in [2.05, 4.69) is 13.8 Å². The third-order valence-corrected chi connectivity index (χ3v) is 6.95. The number of unbranched alkanes of at least 4 members (excludes halogenated alkanes) is 2.